The molecule has 1 saturated carbocycles. The van der Waals surface area contributed by atoms with Crippen molar-refractivity contribution in [1.29, 1.82) is 0 Å². The summed E-state index contributed by atoms with van der Waals surface area (Å²) in [5, 5.41) is 1.85. The Morgan fingerprint density at radius 3 is 2.31 bits per heavy atom. The predicted octanol–water partition coefficient (Wildman–Crippen LogP) is 5.33. The fourth-order valence-corrected chi connectivity index (χ4v) is 3.35. The van der Waals surface area contributed by atoms with Crippen molar-refractivity contribution in [1.82, 2.24) is 0 Å². The Kier molecular flexibility index (Phi) is 4.41. The first-order valence-corrected chi connectivity index (χ1v) is 6.92. The Hall–Kier alpha value is 0.0900. The maximum Gasteiger partial charge on any atom is 0.0423 e. The van der Waals surface area contributed by atoms with Gasteiger partial charge in [0.2, 0.25) is 0 Å². The van der Waals surface area contributed by atoms with Crippen molar-refractivity contribution in [2.24, 2.45) is 5.92 Å². The fourth-order valence-electron chi connectivity index (χ4n) is 2.40. The highest BCUT2D eigenvalue weighted by atomic mass is 35.5. The molecule has 16 heavy (non-hydrogen) atoms. The fraction of sp³-hybridized carbons (Fsp3) is 0.538. The molecule has 0 N–H and O–H groups in total. The molecular formula is C13H15Cl3. The van der Waals surface area contributed by atoms with Crippen molar-refractivity contribution in [3.8, 4) is 0 Å². The quantitative estimate of drug-likeness (QED) is 0.655. The van der Waals surface area contributed by atoms with E-state index < -0.39 is 0 Å². The van der Waals surface area contributed by atoms with Crippen LogP contribution in [0.2, 0.25) is 10.0 Å². The van der Waals surface area contributed by atoms with E-state index in [1.165, 1.54) is 24.8 Å². The minimum Gasteiger partial charge on any atom is -0.123 e. The smallest absolute Gasteiger partial charge is 0.0423 e. The molecule has 2 unspecified atom stereocenters. The molecule has 0 heterocycles. The van der Waals surface area contributed by atoms with E-state index in [1.807, 2.05) is 12.1 Å². The lowest BCUT2D eigenvalue weighted by Gasteiger charge is -2.09. The van der Waals surface area contributed by atoms with Gasteiger partial charge in [-0.3, -0.25) is 0 Å². The van der Waals surface area contributed by atoms with E-state index in [9.17, 15) is 0 Å². The van der Waals surface area contributed by atoms with Gasteiger partial charge >= 0.3 is 0 Å². The van der Waals surface area contributed by atoms with E-state index in [1.54, 1.807) is 6.07 Å². The van der Waals surface area contributed by atoms with Crippen molar-refractivity contribution in [2.75, 3.05) is 0 Å². The van der Waals surface area contributed by atoms with Crippen LogP contribution in [0.25, 0.3) is 0 Å². The third-order valence-electron chi connectivity index (χ3n) is 3.24. The molecule has 0 bridgehead atoms. The summed E-state index contributed by atoms with van der Waals surface area (Å²) >= 11 is 18.0. The first kappa shape index (κ1) is 12.5. The molecule has 3 heteroatoms. The Labute approximate surface area is 112 Å². The van der Waals surface area contributed by atoms with Gasteiger partial charge in [0.1, 0.15) is 0 Å². The van der Waals surface area contributed by atoms with Gasteiger partial charge in [-0.15, -0.1) is 11.6 Å². The van der Waals surface area contributed by atoms with Gasteiger partial charge in [-0.2, -0.15) is 0 Å². The summed E-state index contributed by atoms with van der Waals surface area (Å²) in [7, 11) is 0. The summed E-state index contributed by atoms with van der Waals surface area (Å²) < 4.78 is 0. The van der Waals surface area contributed by atoms with Gasteiger partial charge in [-0.25, -0.2) is 0 Å². The molecular weight excluding hydrogens is 263 g/mol. The van der Waals surface area contributed by atoms with E-state index in [4.69, 9.17) is 34.8 Å². The van der Waals surface area contributed by atoms with Crippen LogP contribution in [0, 0.1) is 5.92 Å². The highest BCUT2D eigenvalue weighted by Gasteiger charge is 2.22. The molecule has 2 atom stereocenters. The van der Waals surface area contributed by atoms with Crippen LogP contribution in [0.3, 0.4) is 0 Å². The normalized spacial score (nSPS) is 24.9. The number of hydrogen-bond donors (Lipinski definition) is 0. The molecule has 0 saturated heterocycles. The first-order valence-electron chi connectivity index (χ1n) is 5.72. The lowest BCUT2D eigenvalue weighted by molar-refractivity contribution is 0.504. The van der Waals surface area contributed by atoms with Crippen molar-refractivity contribution < 1.29 is 0 Å². The van der Waals surface area contributed by atoms with Gasteiger partial charge in [-0.05, 0) is 61.8 Å². The highest BCUT2D eigenvalue weighted by Crippen LogP contribution is 2.33. The molecule has 0 spiro atoms. The number of aryl methyl sites for hydroxylation is 1. The molecule has 1 aromatic carbocycles. The van der Waals surface area contributed by atoms with E-state index in [2.05, 4.69) is 0 Å². The molecule has 1 aliphatic rings. The maximum absolute atomic E-state index is 6.10. The van der Waals surface area contributed by atoms with Crippen LogP contribution < -0.4 is 0 Å². The predicted molar refractivity (Wildman–Crippen MR) is 71.8 cm³/mol. The monoisotopic (exact) mass is 276 g/mol. The molecule has 1 fully saturated rings. The summed E-state index contributed by atoms with van der Waals surface area (Å²) in [6, 6.07) is 5.78. The van der Waals surface area contributed by atoms with Gasteiger partial charge in [0, 0.05) is 15.4 Å². The van der Waals surface area contributed by atoms with E-state index in [0.717, 1.165) is 28.8 Å². The van der Waals surface area contributed by atoms with Crippen LogP contribution in [0.5, 0.6) is 0 Å². The molecule has 0 nitrogen and oxygen atoms in total. The SMILES string of the molecule is Clc1cc(Cl)cc(CCC2CCC(Cl)C2)c1. The Morgan fingerprint density at radius 1 is 1.06 bits per heavy atom. The van der Waals surface area contributed by atoms with Crippen LogP contribution in [-0.2, 0) is 6.42 Å². The molecule has 1 aromatic rings. The van der Waals surface area contributed by atoms with Gasteiger partial charge in [-0.1, -0.05) is 23.2 Å². The van der Waals surface area contributed by atoms with Crippen LogP contribution in [0.1, 0.15) is 31.2 Å². The molecule has 0 aliphatic heterocycles. The number of alkyl halides is 1. The molecule has 1 aliphatic carbocycles. The minimum absolute atomic E-state index is 0.396. The van der Waals surface area contributed by atoms with Crippen molar-refractivity contribution in [2.45, 2.75) is 37.5 Å². The summed E-state index contributed by atoms with van der Waals surface area (Å²) in [6.07, 6.45) is 5.84. The zero-order valence-electron chi connectivity index (χ0n) is 9.06. The van der Waals surface area contributed by atoms with E-state index >= 15 is 0 Å². The minimum atomic E-state index is 0.396. The zero-order valence-corrected chi connectivity index (χ0v) is 11.3. The lowest BCUT2D eigenvalue weighted by Crippen LogP contribution is -1.98. The number of benzene rings is 1. The standard InChI is InChI=1S/C13H15Cl3/c14-11-4-3-9(5-11)1-2-10-6-12(15)8-13(16)7-10/h6-9,11H,1-5H2. The number of hydrogen-bond acceptors (Lipinski definition) is 0. The molecule has 88 valence electrons. The van der Waals surface area contributed by atoms with E-state index in [-0.39, 0.29) is 0 Å². The molecule has 0 aromatic heterocycles. The summed E-state index contributed by atoms with van der Waals surface area (Å²) in [4.78, 5) is 0. The first-order chi connectivity index (χ1) is 7.63. The maximum atomic E-state index is 6.10. The van der Waals surface area contributed by atoms with Crippen LogP contribution in [0.15, 0.2) is 18.2 Å². The largest absolute Gasteiger partial charge is 0.123 e. The Morgan fingerprint density at radius 2 is 1.75 bits per heavy atom. The van der Waals surface area contributed by atoms with Gasteiger partial charge in [0.15, 0.2) is 0 Å². The third-order valence-corrected chi connectivity index (χ3v) is 4.07. The highest BCUT2D eigenvalue weighted by molar-refractivity contribution is 6.34. The summed E-state index contributed by atoms with van der Waals surface area (Å²) in [5.74, 6) is 0.778. The lowest BCUT2D eigenvalue weighted by atomic mass is 9.98. The van der Waals surface area contributed by atoms with Gasteiger partial charge in [0.05, 0.1) is 0 Å². The van der Waals surface area contributed by atoms with E-state index in [0.29, 0.717) is 5.38 Å². The van der Waals surface area contributed by atoms with Crippen molar-refractivity contribution in [3.05, 3.63) is 33.8 Å². The second-order valence-electron chi connectivity index (χ2n) is 4.59. The van der Waals surface area contributed by atoms with Gasteiger partial charge < -0.3 is 0 Å². The van der Waals surface area contributed by atoms with Gasteiger partial charge in [0.25, 0.3) is 0 Å². The second-order valence-corrected chi connectivity index (χ2v) is 6.08. The summed E-state index contributed by atoms with van der Waals surface area (Å²) in [5.41, 5.74) is 1.23. The van der Waals surface area contributed by atoms with Crippen LogP contribution in [0.4, 0.5) is 0 Å². The molecule has 0 radical (unpaired) electrons. The van der Waals surface area contributed by atoms with Crippen molar-refractivity contribution in [3.63, 3.8) is 0 Å². The average Bonchev–Trinajstić information content (AvgIpc) is 2.60. The second kappa shape index (κ2) is 5.62. The Bertz CT molecular complexity index is 342. The topological polar surface area (TPSA) is 0 Å². The third kappa shape index (κ3) is 3.55. The molecule has 2 rings (SSSR count). The Balaban J connectivity index is 1.89. The molecule has 0 amide bonds. The average molecular weight is 278 g/mol. The zero-order chi connectivity index (χ0) is 11.5. The van der Waals surface area contributed by atoms with Crippen LogP contribution >= 0.6 is 34.8 Å². The number of rotatable bonds is 3. The summed E-state index contributed by atoms with van der Waals surface area (Å²) in [6.45, 7) is 0. The van der Waals surface area contributed by atoms with Crippen molar-refractivity contribution >= 4 is 34.8 Å². The number of halogens is 3. The van der Waals surface area contributed by atoms with Crippen LogP contribution in [-0.4, -0.2) is 5.38 Å².